The highest BCUT2D eigenvalue weighted by Gasteiger charge is 2.33. The van der Waals surface area contributed by atoms with Gasteiger partial charge in [-0.25, -0.2) is 8.42 Å². The minimum Gasteiger partial charge on any atom is -0.495 e. The molecule has 0 fully saturated rings. The number of rotatable bonds is 12. The first-order chi connectivity index (χ1) is 17.3. The number of likely N-dealkylation sites (N-methyl/N-ethyl adjacent to an activating group) is 1. The Morgan fingerprint density at radius 2 is 1.78 bits per heavy atom. The zero-order valence-corrected chi connectivity index (χ0v) is 23.1. The molecule has 0 saturated carbocycles. The highest BCUT2D eigenvalue weighted by atomic mass is 35.5. The molecule has 0 aliphatic heterocycles. The Hall–Kier alpha value is -3.09. The summed E-state index contributed by atoms with van der Waals surface area (Å²) in [5, 5.41) is 14.5. The number of halogens is 2. The molecule has 0 aliphatic rings. The van der Waals surface area contributed by atoms with Crippen LogP contribution in [0, 0.1) is 10.1 Å². The number of nitrogens with zero attached hydrogens (tertiary/aromatic N) is 3. The Morgan fingerprint density at radius 1 is 1.16 bits per heavy atom. The number of ether oxygens (including phenoxy) is 1. The molecule has 0 bridgehead atoms. The molecule has 37 heavy (non-hydrogen) atoms. The molecule has 1 N–H and O–H groups in total. The number of nitro groups is 1. The second kappa shape index (κ2) is 12.9. The van der Waals surface area contributed by atoms with E-state index in [0.29, 0.717) is 16.4 Å². The van der Waals surface area contributed by atoms with Gasteiger partial charge in [-0.2, -0.15) is 0 Å². The number of anilines is 1. The number of methoxy groups -OCH3 is 1. The second-order valence-electron chi connectivity index (χ2n) is 7.92. The first-order valence-electron chi connectivity index (χ1n) is 11.2. The third-order valence-corrected chi connectivity index (χ3v) is 7.28. The third-order valence-electron chi connectivity index (χ3n) is 5.45. The van der Waals surface area contributed by atoms with Crippen LogP contribution in [0.4, 0.5) is 11.4 Å². The van der Waals surface area contributed by atoms with E-state index < -0.39 is 45.0 Å². The van der Waals surface area contributed by atoms with Gasteiger partial charge in [-0.3, -0.25) is 24.0 Å². The third kappa shape index (κ3) is 7.46. The minimum atomic E-state index is -4.14. The topological polar surface area (TPSA) is 139 Å². The number of nitro benzene ring substituents is 1. The number of hydrogen-bond donors (Lipinski definition) is 1. The summed E-state index contributed by atoms with van der Waals surface area (Å²) in [7, 11) is -2.88. The maximum absolute atomic E-state index is 13.7. The first-order valence-corrected chi connectivity index (χ1v) is 13.8. The number of non-ortho nitro benzene ring substituents is 1. The molecule has 2 rings (SSSR count). The van der Waals surface area contributed by atoms with Crippen LogP contribution in [0.5, 0.6) is 5.75 Å². The van der Waals surface area contributed by atoms with E-state index in [-0.39, 0.29) is 34.4 Å². The molecule has 14 heteroatoms. The Morgan fingerprint density at radius 3 is 2.27 bits per heavy atom. The van der Waals surface area contributed by atoms with Gasteiger partial charge in [0.1, 0.15) is 24.0 Å². The van der Waals surface area contributed by atoms with E-state index in [1.54, 1.807) is 32.0 Å². The standard InChI is InChI=1S/C23H28Cl2N4O7S/c1-5-19(23(31)26-6-2)27(13-16-17(24)8-7-9-18(16)25)22(30)14-28(37(4,34)35)20-12-15(29(32)33)10-11-21(20)36-3/h7-12,19H,5-6,13-14H2,1-4H3,(H,26,31)/t19-/m1/s1. The largest absolute Gasteiger partial charge is 0.495 e. The molecule has 0 spiro atoms. The van der Waals surface area contributed by atoms with Crippen LogP contribution in [0.25, 0.3) is 0 Å². The Balaban J connectivity index is 2.61. The highest BCUT2D eigenvalue weighted by molar-refractivity contribution is 7.92. The Bertz CT molecular complexity index is 1250. The summed E-state index contributed by atoms with van der Waals surface area (Å²) in [5.74, 6) is -1.20. The van der Waals surface area contributed by atoms with Gasteiger partial charge in [-0.1, -0.05) is 36.2 Å². The lowest BCUT2D eigenvalue weighted by atomic mass is 10.1. The maximum atomic E-state index is 13.7. The zero-order chi connectivity index (χ0) is 27.9. The lowest BCUT2D eigenvalue weighted by Gasteiger charge is -2.33. The van der Waals surface area contributed by atoms with E-state index in [0.717, 1.165) is 18.4 Å². The molecule has 0 aliphatic carbocycles. The molecular weight excluding hydrogens is 547 g/mol. The molecule has 202 valence electrons. The monoisotopic (exact) mass is 574 g/mol. The van der Waals surface area contributed by atoms with E-state index >= 15 is 0 Å². The fourth-order valence-corrected chi connectivity index (χ4v) is 5.01. The van der Waals surface area contributed by atoms with Crippen LogP contribution in [0.2, 0.25) is 10.0 Å². The molecule has 0 unspecified atom stereocenters. The van der Waals surface area contributed by atoms with E-state index in [1.807, 2.05) is 0 Å². The number of hydrogen-bond acceptors (Lipinski definition) is 7. The molecular formula is C23H28Cl2N4O7S. The number of carbonyl (C=O) groups excluding carboxylic acids is 2. The van der Waals surface area contributed by atoms with Gasteiger partial charge in [0.15, 0.2) is 0 Å². The zero-order valence-electron chi connectivity index (χ0n) is 20.7. The van der Waals surface area contributed by atoms with Crippen molar-refractivity contribution < 1.29 is 27.7 Å². The molecule has 2 aromatic carbocycles. The van der Waals surface area contributed by atoms with Crippen molar-refractivity contribution in [2.75, 3.05) is 30.8 Å². The highest BCUT2D eigenvalue weighted by Crippen LogP contribution is 2.34. The van der Waals surface area contributed by atoms with Crippen LogP contribution in [-0.2, 0) is 26.2 Å². The maximum Gasteiger partial charge on any atom is 0.271 e. The van der Waals surface area contributed by atoms with Crippen LogP contribution >= 0.6 is 23.2 Å². The van der Waals surface area contributed by atoms with Crippen molar-refractivity contribution in [2.45, 2.75) is 32.9 Å². The number of amides is 2. The lowest BCUT2D eigenvalue weighted by molar-refractivity contribution is -0.384. The van der Waals surface area contributed by atoms with Crippen LogP contribution in [-0.4, -0.2) is 62.6 Å². The SMILES string of the molecule is CCNC(=O)[C@@H](CC)N(Cc1c(Cl)cccc1Cl)C(=O)CN(c1cc([N+](=O)[O-])ccc1OC)S(C)(=O)=O. The van der Waals surface area contributed by atoms with Crippen molar-refractivity contribution in [3.05, 3.63) is 62.1 Å². The molecule has 1 atom stereocenters. The number of benzene rings is 2. The summed E-state index contributed by atoms with van der Waals surface area (Å²) in [6.07, 6.45) is 1.06. The van der Waals surface area contributed by atoms with Gasteiger partial charge in [0.05, 0.1) is 18.3 Å². The van der Waals surface area contributed by atoms with Crippen molar-refractivity contribution in [3.63, 3.8) is 0 Å². The second-order valence-corrected chi connectivity index (χ2v) is 10.6. The predicted molar refractivity (Wildman–Crippen MR) is 142 cm³/mol. The van der Waals surface area contributed by atoms with Gasteiger partial charge in [-0.15, -0.1) is 0 Å². The lowest BCUT2D eigenvalue weighted by Crippen LogP contribution is -2.52. The molecule has 0 radical (unpaired) electrons. The predicted octanol–water partition coefficient (Wildman–Crippen LogP) is 3.62. The van der Waals surface area contributed by atoms with Gasteiger partial charge in [-0.05, 0) is 31.5 Å². The molecule has 0 aromatic heterocycles. The number of carbonyl (C=O) groups is 2. The van der Waals surface area contributed by atoms with Gasteiger partial charge < -0.3 is 15.0 Å². The summed E-state index contributed by atoms with van der Waals surface area (Å²) in [4.78, 5) is 38.4. The average Bonchev–Trinajstić information content (AvgIpc) is 2.83. The van der Waals surface area contributed by atoms with Gasteiger partial charge in [0.25, 0.3) is 5.69 Å². The van der Waals surface area contributed by atoms with E-state index in [2.05, 4.69) is 5.32 Å². The van der Waals surface area contributed by atoms with Crippen molar-refractivity contribution in [1.29, 1.82) is 0 Å². The minimum absolute atomic E-state index is 0.000269. The van der Waals surface area contributed by atoms with Gasteiger partial charge in [0.2, 0.25) is 21.8 Å². The summed E-state index contributed by atoms with van der Waals surface area (Å²) >= 11 is 12.6. The summed E-state index contributed by atoms with van der Waals surface area (Å²) in [5.41, 5.74) is -0.222. The number of nitrogens with one attached hydrogen (secondary N) is 1. The summed E-state index contributed by atoms with van der Waals surface area (Å²) in [6.45, 7) is 2.78. The Kier molecular flexibility index (Phi) is 10.5. The van der Waals surface area contributed by atoms with Gasteiger partial charge in [0, 0.05) is 40.8 Å². The summed E-state index contributed by atoms with van der Waals surface area (Å²) < 4.78 is 31.5. The van der Waals surface area contributed by atoms with E-state index in [1.165, 1.54) is 18.1 Å². The van der Waals surface area contributed by atoms with Gasteiger partial charge >= 0.3 is 0 Å². The molecule has 2 aromatic rings. The van der Waals surface area contributed by atoms with Crippen molar-refractivity contribution in [2.24, 2.45) is 0 Å². The number of sulfonamides is 1. The van der Waals surface area contributed by atoms with E-state index in [4.69, 9.17) is 27.9 Å². The molecule has 0 saturated heterocycles. The summed E-state index contributed by atoms with van der Waals surface area (Å²) in [6, 6.07) is 7.20. The first kappa shape index (κ1) is 30.1. The fourth-order valence-electron chi connectivity index (χ4n) is 3.65. The normalized spacial score (nSPS) is 11.9. The Labute approximate surface area is 225 Å². The van der Waals surface area contributed by atoms with Crippen LogP contribution < -0.4 is 14.4 Å². The molecule has 2 amide bonds. The smallest absolute Gasteiger partial charge is 0.271 e. The quantitative estimate of drug-likeness (QED) is 0.301. The van der Waals surface area contributed by atoms with Crippen molar-refractivity contribution >= 4 is 56.4 Å². The van der Waals surface area contributed by atoms with Crippen LogP contribution in [0.15, 0.2) is 36.4 Å². The van der Waals surface area contributed by atoms with Crippen molar-refractivity contribution in [3.8, 4) is 5.75 Å². The molecule has 0 heterocycles. The van der Waals surface area contributed by atoms with E-state index in [9.17, 15) is 28.1 Å². The molecule has 11 nitrogen and oxygen atoms in total. The fraction of sp³-hybridized carbons (Fsp3) is 0.391. The van der Waals surface area contributed by atoms with Crippen molar-refractivity contribution in [1.82, 2.24) is 10.2 Å². The van der Waals surface area contributed by atoms with Crippen LogP contribution in [0.1, 0.15) is 25.8 Å². The van der Waals surface area contributed by atoms with Crippen LogP contribution in [0.3, 0.4) is 0 Å². The average molecular weight is 575 g/mol.